The van der Waals surface area contributed by atoms with Gasteiger partial charge in [0.15, 0.2) is 40.0 Å². The van der Waals surface area contributed by atoms with Crippen molar-refractivity contribution in [1.29, 1.82) is 5.41 Å². The molecule has 4 aromatic rings. The second kappa shape index (κ2) is 46.9. The normalized spacial score (nSPS) is 13.1. The number of carbonyl (C=O) groups excluding carboxylic acids is 8. The van der Waals surface area contributed by atoms with Crippen LogP contribution in [0.2, 0.25) is 5.15 Å². The van der Waals surface area contributed by atoms with E-state index in [9.17, 15) is 78.0 Å². The zero-order chi connectivity index (χ0) is 84.1. The fourth-order valence-corrected chi connectivity index (χ4v) is 12.2. The number of nitrogen functional groups attached to an aromatic ring is 4. The summed E-state index contributed by atoms with van der Waals surface area (Å²) < 4.78 is 12.8. The molecule has 0 aliphatic heterocycles. The van der Waals surface area contributed by atoms with Gasteiger partial charge in [-0.3, -0.25) is 53.4 Å². The number of hydrogen-bond donors (Lipinski definition) is 20. The minimum atomic E-state index is -2.05. The van der Waals surface area contributed by atoms with Gasteiger partial charge in [-0.2, -0.15) is 0 Å². The molecule has 0 saturated carbocycles. The highest BCUT2D eigenvalue weighted by molar-refractivity contribution is 6.31. The summed E-state index contributed by atoms with van der Waals surface area (Å²) in [6.07, 6.45) is 2.17. The number of nitrogens with zero attached hydrogens (tertiary/aromatic N) is 6. The zero-order valence-electron chi connectivity index (χ0n) is 64.8. The number of rotatable bonds is 52. The second-order valence-electron chi connectivity index (χ2n) is 28.0. The van der Waals surface area contributed by atoms with Gasteiger partial charge in [0.1, 0.15) is 66.8 Å². The molecule has 9 amide bonds. The van der Waals surface area contributed by atoms with Crippen molar-refractivity contribution in [3.63, 3.8) is 0 Å². The SMILES string of the molecule is CCCC(CCc1ccc(OCCNC(=O)NC(CCC(=O)NC(CC(=O)O)C(=O)NC(CCCNC(=N)N)C(=O)NC(CC(=O)O)C(=O)NC(CC(=O)O)C(=O)NCCOc2ccc(CCC[N+](C)(C)C(CCC)CNC(=O)c3nc(Cl)c(N)nc3N)cc2)C(=O)O)cc1)[N+](C)(C)CCNC(=O)c1nc(CC)c(N)nc1N. The molecule has 0 radical (unpaired) electrons. The number of urea groups is 1. The number of halogens is 1. The first-order valence-electron chi connectivity index (χ1n) is 37.0. The highest BCUT2D eigenvalue weighted by atomic mass is 35.5. The van der Waals surface area contributed by atoms with Gasteiger partial charge in [-0.1, -0.05) is 69.5 Å². The quantitative estimate of drug-likeness (QED) is 0.0117. The first-order valence-corrected chi connectivity index (χ1v) is 37.4. The molecular formula is C72H111ClN22O18+2. The van der Waals surface area contributed by atoms with Crippen molar-refractivity contribution >= 4 is 112 Å². The van der Waals surface area contributed by atoms with Crippen molar-refractivity contribution in [1.82, 2.24) is 73.1 Å². The van der Waals surface area contributed by atoms with Gasteiger partial charge in [-0.05, 0) is 80.3 Å². The number of carboxylic acid groups (broad SMARTS) is 4. The molecule has 0 saturated heterocycles. The van der Waals surface area contributed by atoms with Crippen LogP contribution in [0.4, 0.5) is 28.1 Å². The van der Waals surface area contributed by atoms with Gasteiger partial charge in [0.25, 0.3) is 11.8 Å². The molecule has 0 aliphatic carbocycles. The summed E-state index contributed by atoms with van der Waals surface area (Å²) in [5.74, 6) is -13.0. The number of likely N-dealkylation sites (N-methyl/N-ethyl adjacent to an activating group) is 2. The molecule has 2 heterocycles. The van der Waals surface area contributed by atoms with Crippen LogP contribution in [0.25, 0.3) is 0 Å². The molecule has 0 bridgehead atoms. The van der Waals surface area contributed by atoms with Crippen molar-refractivity contribution in [2.75, 3.05) is 110 Å². The molecule has 113 heavy (non-hydrogen) atoms. The van der Waals surface area contributed by atoms with Crippen LogP contribution in [0, 0.1) is 5.41 Å². The summed E-state index contributed by atoms with van der Waals surface area (Å²) >= 11 is 5.98. The molecule has 622 valence electrons. The Hall–Kier alpha value is -11.7. The molecule has 40 nitrogen and oxygen atoms in total. The molecule has 4 rings (SSSR count). The number of ether oxygens (including phenoxy) is 2. The summed E-state index contributed by atoms with van der Waals surface area (Å²) in [6, 6.07) is 4.64. The average molecular weight is 1610 g/mol. The van der Waals surface area contributed by atoms with Crippen LogP contribution in [0.1, 0.15) is 142 Å². The topological polar surface area (TPSA) is 630 Å². The van der Waals surface area contributed by atoms with E-state index in [1.54, 1.807) is 24.3 Å². The molecule has 7 atom stereocenters. The van der Waals surface area contributed by atoms with Gasteiger partial charge in [0.05, 0.1) is 98.5 Å². The second-order valence-corrected chi connectivity index (χ2v) is 28.3. The van der Waals surface area contributed by atoms with Crippen LogP contribution < -0.4 is 91.3 Å². The molecule has 2 aromatic carbocycles. The maximum atomic E-state index is 14.0. The standard InChI is InChI=1S/C72H109ClN22O18/c1-8-13-43(95(6,7)34-30-80-68(107)57-61(75)92-60(74)47(10-3)86-57)22-17-42-20-25-46(26-21-42)113-36-32-83-72(111)90-49(70(109)110)27-28-53(96)85-51(38-55(99)100)66(105)87-48(16-11-29-82-71(78)79)65(104)89-52(39-56(101)102)67(106)88-50(37-54(97)98)64(103)81-31-35-112-45-23-18-41(19-24-45)15-12-33-94(4,5)44(14-9-2)40-84-69(108)58-62(76)93-63(77)59(73)91-58/h18-21,23-26,43-44,48-52H,8-17,22,27-40H2,1-7H3,(H23-2,74,75,76,77,78,79,80,81,82,83,84,85,87,88,89,90,92,93,96,97,98,99,100,101,102,103,104,105,106,107,108,109,110,111)/p+2. The molecule has 0 spiro atoms. The van der Waals surface area contributed by atoms with E-state index in [4.69, 9.17) is 55.2 Å². The number of amides is 9. The van der Waals surface area contributed by atoms with E-state index in [2.05, 4.69) is 115 Å². The number of aliphatic carboxylic acids is 4. The Morgan fingerprint density at radius 2 is 0.973 bits per heavy atom. The fourth-order valence-electron chi connectivity index (χ4n) is 12.0. The largest absolute Gasteiger partial charge is 0.492 e. The highest BCUT2D eigenvalue weighted by Gasteiger charge is 2.36. The van der Waals surface area contributed by atoms with Crippen molar-refractivity contribution in [3.05, 3.63) is 81.9 Å². The smallest absolute Gasteiger partial charge is 0.326 e. The van der Waals surface area contributed by atoms with Crippen molar-refractivity contribution in [2.24, 2.45) is 5.73 Å². The number of carboxylic acids is 4. The molecule has 0 aliphatic rings. The first kappa shape index (κ1) is 93.7. The zero-order valence-corrected chi connectivity index (χ0v) is 65.5. The number of aromatic nitrogens is 4. The van der Waals surface area contributed by atoms with Gasteiger partial charge >= 0.3 is 29.9 Å². The van der Waals surface area contributed by atoms with Crippen LogP contribution in [0.15, 0.2) is 48.5 Å². The number of quaternary nitrogens is 2. The number of guanidine groups is 1. The Balaban J connectivity index is 1.27. The van der Waals surface area contributed by atoms with E-state index < -0.39 is 140 Å². The van der Waals surface area contributed by atoms with Gasteiger partial charge < -0.3 is 121 Å². The molecule has 25 N–H and O–H groups in total. The van der Waals surface area contributed by atoms with E-state index in [0.29, 0.717) is 58.6 Å². The van der Waals surface area contributed by atoms with E-state index in [1.165, 1.54) is 0 Å². The average Bonchev–Trinajstić information content (AvgIpc) is 0.840. The number of anilines is 4. The Morgan fingerprint density at radius 3 is 1.51 bits per heavy atom. The third-order valence-corrected chi connectivity index (χ3v) is 18.7. The lowest BCUT2D eigenvalue weighted by atomic mass is 9.99. The Kier molecular flexibility index (Phi) is 38.9. The van der Waals surface area contributed by atoms with E-state index >= 15 is 0 Å². The van der Waals surface area contributed by atoms with Gasteiger partial charge in [0.2, 0.25) is 29.5 Å². The molecule has 0 fully saturated rings. The van der Waals surface area contributed by atoms with Crippen molar-refractivity contribution < 1.29 is 96.4 Å². The first-order chi connectivity index (χ1) is 53.4. The van der Waals surface area contributed by atoms with Crippen LogP contribution >= 0.6 is 11.6 Å². The lowest BCUT2D eigenvalue weighted by Gasteiger charge is -2.38. The maximum absolute atomic E-state index is 14.0. The van der Waals surface area contributed by atoms with Crippen LogP contribution in [-0.2, 0) is 62.4 Å². The lowest BCUT2D eigenvalue weighted by molar-refractivity contribution is -0.914. The summed E-state index contributed by atoms with van der Waals surface area (Å²) in [5.41, 5.74) is 31.2. The van der Waals surface area contributed by atoms with Gasteiger partial charge in [-0.25, -0.2) is 29.5 Å². The number of nitrogens with two attached hydrogens (primary N) is 5. The summed E-state index contributed by atoms with van der Waals surface area (Å²) in [6.45, 7) is 7.57. The Labute approximate surface area is 659 Å². The molecule has 2 aromatic heterocycles. The molecule has 41 heteroatoms. The Morgan fingerprint density at radius 1 is 0.487 bits per heavy atom. The van der Waals surface area contributed by atoms with Gasteiger partial charge in [-0.15, -0.1) is 0 Å². The minimum Gasteiger partial charge on any atom is -0.492 e. The van der Waals surface area contributed by atoms with E-state index in [0.717, 1.165) is 62.6 Å². The number of aryl methyl sites for hydroxylation is 3. The number of carbonyl (C=O) groups is 12. The molecule has 7 unspecified atom stereocenters. The number of benzene rings is 2. The van der Waals surface area contributed by atoms with Gasteiger partial charge in [0, 0.05) is 32.2 Å². The lowest BCUT2D eigenvalue weighted by Crippen LogP contribution is -2.59. The third-order valence-electron chi connectivity index (χ3n) is 18.5. The summed E-state index contributed by atoms with van der Waals surface area (Å²) in [5, 5.41) is 70.9. The predicted molar refractivity (Wildman–Crippen MR) is 416 cm³/mol. The van der Waals surface area contributed by atoms with Crippen LogP contribution in [0.3, 0.4) is 0 Å². The monoisotopic (exact) mass is 1610 g/mol. The van der Waals surface area contributed by atoms with Crippen LogP contribution in [0.5, 0.6) is 11.5 Å². The van der Waals surface area contributed by atoms with E-state index in [-0.39, 0.29) is 97.6 Å². The maximum Gasteiger partial charge on any atom is 0.326 e. The highest BCUT2D eigenvalue weighted by Crippen LogP contribution is 2.23. The van der Waals surface area contributed by atoms with E-state index in [1.807, 2.05) is 31.2 Å². The number of hydrogen-bond acceptors (Lipinski definition) is 23. The third kappa shape index (κ3) is 33.4. The van der Waals surface area contributed by atoms with Crippen molar-refractivity contribution in [3.8, 4) is 11.5 Å². The Bertz CT molecular complexity index is 3910. The summed E-state index contributed by atoms with van der Waals surface area (Å²) in [4.78, 5) is 172. The number of nitrogens with one attached hydrogen (secondary N) is 11. The minimum absolute atomic E-state index is 0.0297. The van der Waals surface area contributed by atoms with Crippen LogP contribution in [-0.4, -0.2) is 256 Å². The predicted octanol–water partition coefficient (Wildman–Crippen LogP) is -0.240. The summed E-state index contributed by atoms with van der Waals surface area (Å²) in [7, 11) is 8.39. The fraction of sp³-hybridized carbons (Fsp3) is 0.542. The molecular weight excluding hydrogens is 1500 g/mol. The van der Waals surface area contributed by atoms with Crippen molar-refractivity contribution in [2.45, 2.75) is 166 Å².